The van der Waals surface area contributed by atoms with E-state index in [0.717, 1.165) is 5.56 Å². The highest BCUT2D eigenvalue weighted by atomic mass is 127. The quantitative estimate of drug-likeness (QED) is 0.479. The molecular formula is C13H20IN3O. The lowest BCUT2D eigenvalue weighted by molar-refractivity contribution is 0.185. The number of nitrogens with zero attached hydrogens (tertiary/aromatic N) is 1. The van der Waals surface area contributed by atoms with Crippen LogP contribution in [0.15, 0.2) is 29.3 Å². The first-order valence-corrected chi connectivity index (χ1v) is 5.91. The van der Waals surface area contributed by atoms with Crippen LogP contribution >= 0.6 is 24.0 Å². The number of hydrogen-bond donors (Lipinski definition) is 2. The molecule has 1 aromatic carbocycles. The van der Waals surface area contributed by atoms with Crippen LogP contribution in [0.5, 0.6) is 0 Å². The number of methoxy groups -OCH3 is 1. The molecule has 5 heteroatoms. The number of benzene rings is 1. The van der Waals surface area contributed by atoms with Gasteiger partial charge in [0.15, 0.2) is 5.96 Å². The van der Waals surface area contributed by atoms with Crippen LogP contribution in [-0.2, 0) is 17.9 Å². The Kier molecular flexibility index (Phi) is 6.42. The zero-order valence-electron chi connectivity index (χ0n) is 10.6. The molecule has 0 bridgehead atoms. The molecule has 0 radical (unpaired) electrons. The second-order valence-electron chi connectivity index (χ2n) is 4.37. The van der Waals surface area contributed by atoms with Crippen molar-refractivity contribution in [3.8, 4) is 0 Å². The number of aliphatic imine (C=N–C) groups is 1. The van der Waals surface area contributed by atoms with Crippen LogP contribution in [-0.4, -0.2) is 19.1 Å². The lowest BCUT2D eigenvalue weighted by Gasteiger charge is -2.04. The number of ether oxygens (including phenoxy) is 1. The fourth-order valence-corrected chi connectivity index (χ4v) is 1.57. The van der Waals surface area contributed by atoms with Crippen molar-refractivity contribution in [3.05, 3.63) is 35.4 Å². The molecule has 18 heavy (non-hydrogen) atoms. The van der Waals surface area contributed by atoms with Gasteiger partial charge in [0.25, 0.3) is 0 Å². The first-order chi connectivity index (χ1) is 8.28. The van der Waals surface area contributed by atoms with Gasteiger partial charge in [-0.1, -0.05) is 24.3 Å². The van der Waals surface area contributed by atoms with Crippen LogP contribution in [0.2, 0.25) is 0 Å². The van der Waals surface area contributed by atoms with Gasteiger partial charge in [-0.2, -0.15) is 0 Å². The third kappa shape index (κ3) is 5.22. The molecule has 0 heterocycles. The molecule has 3 N–H and O–H groups in total. The largest absolute Gasteiger partial charge is 0.380 e. The summed E-state index contributed by atoms with van der Waals surface area (Å²) in [4.78, 5) is 4.30. The van der Waals surface area contributed by atoms with E-state index < -0.39 is 0 Å². The molecule has 4 nitrogen and oxygen atoms in total. The number of nitrogens with two attached hydrogens (primary N) is 1. The number of hydrogen-bond acceptors (Lipinski definition) is 2. The van der Waals surface area contributed by atoms with Gasteiger partial charge in [-0.05, 0) is 24.0 Å². The molecule has 0 aromatic heterocycles. The standard InChI is InChI=1S/C13H19N3O.HI/c1-17-9-11-4-2-10(3-5-11)8-15-13(14)16-12-6-7-12;/h2-5,12H,6-9H2,1H3,(H3,14,15,16);1H. The second-order valence-corrected chi connectivity index (χ2v) is 4.37. The predicted molar refractivity (Wildman–Crippen MR) is 84.1 cm³/mol. The summed E-state index contributed by atoms with van der Waals surface area (Å²) in [6.45, 7) is 1.27. The van der Waals surface area contributed by atoms with Gasteiger partial charge in [-0.3, -0.25) is 0 Å². The molecule has 1 aliphatic carbocycles. The van der Waals surface area contributed by atoms with Crippen molar-refractivity contribution in [2.24, 2.45) is 10.7 Å². The van der Waals surface area contributed by atoms with Crippen LogP contribution in [0, 0.1) is 0 Å². The molecule has 2 rings (SSSR count). The fraction of sp³-hybridized carbons (Fsp3) is 0.462. The van der Waals surface area contributed by atoms with Crippen LogP contribution in [0.1, 0.15) is 24.0 Å². The van der Waals surface area contributed by atoms with Gasteiger partial charge in [0.05, 0.1) is 13.2 Å². The van der Waals surface area contributed by atoms with E-state index in [2.05, 4.69) is 34.6 Å². The van der Waals surface area contributed by atoms with Crippen molar-refractivity contribution in [2.75, 3.05) is 7.11 Å². The fourth-order valence-electron chi connectivity index (χ4n) is 1.57. The maximum atomic E-state index is 5.76. The molecule has 1 aromatic rings. The van der Waals surface area contributed by atoms with Crippen molar-refractivity contribution in [1.29, 1.82) is 0 Å². The van der Waals surface area contributed by atoms with E-state index in [1.54, 1.807) is 7.11 Å². The molecule has 1 fully saturated rings. The topological polar surface area (TPSA) is 59.6 Å². The minimum atomic E-state index is 0. The Morgan fingerprint density at radius 3 is 2.50 bits per heavy atom. The Labute approximate surface area is 125 Å². The van der Waals surface area contributed by atoms with Gasteiger partial charge >= 0.3 is 0 Å². The summed E-state index contributed by atoms with van der Waals surface area (Å²) in [6, 6.07) is 8.78. The zero-order chi connectivity index (χ0) is 12.1. The summed E-state index contributed by atoms with van der Waals surface area (Å²) in [5.74, 6) is 0.550. The highest BCUT2D eigenvalue weighted by molar-refractivity contribution is 14.0. The van der Waals surface area contributed by atoms with E-state index in [1.165, 1.54) is 18.4 Å². The molecular weight excluding hydrogens is 341 g/mol. The molecule has 1 aliphatic rings. The normalized spacial score (nSPS) is 15.1. The van der Waals surface area contributed by atoms with E-state index >= 15 is 0 Å². The van der Waals surface area contributed by atoms with Crippen LogP contribution in [0.25, 0.3) is 0 Å². The van der Waals surface area contributed by atoms with Crippen molar-refractivity contribution < 1.29 is 4.74 Å². The molecule has 100 valence electrons. The molecule has 0 amide bonds. The maximum absolute atomic E-state index is 5.76. The van der Waals surface area contributed by atoms with Gasteiger partial charge in [0.2, 0.25) is 0 Å². The average molecular weight is 361 g/mol. The predicted octanol–water partition coefficient (Wildman–Crippen LogP) is 2.02. The molecule has 1 saturated carbocycles. The van der Waals surface area contributed by atoms with Crippen molar-refractivity contribution in [2.45, 2.75) is 32.0 Å². The Morgan fingerprint density at radius 1 is 1.33 bits per heavy atom. The Bertz CT molecular complexity index is 388. The maximum Gasteiger partial charge on any atom is 0.189 e. The number of guanidine groups is 1. The lowest BCUT2D eigenvalue weighted by atomic mass is 10.1. The van der Waals surface area contributed by atoms with Crippen molar-refractivity contribution >= 4 is 29.9 Å². The summed E-state index contributed by atoms with van der Waals surface area (Å²) in [6.07, 6.45) is 2.42. The van der Waals surface area contributed by atoms with Gasteiger partial charge in [-0.15, -0.1) is 24.0 Å². The van der Waals surface area contributed by atoms with E-state index in [4.69, 9.17) is 10.5 Å². The van der Waals surface area contributed by atoms with Crippen LogP contribution in [0.3, 0.4) is 0 Å². The first kappa shape index (κ1) is 15.2. The van der Waals surface area contributed by atoms with Gasteiger partial charge in [0, 0.05) is 13.2 Å². The molecule has 0 aliphatic heterocycles. The van der Waals surface area contributed by atoms with E-state index in [1.807, 2.05) is 0 Å². The number of halogens is 1. The molecule has 0 saturated heterocycles. The Morgan fingerprint density at radius 2 is 1.94 bits per heavy atom. The zero-order valence-corrected chi connectivity index (χ0v) is 12.9. The Balaban J connectivity index is 0.00000162. The second kappa shape index (κ2) is 7.58. The van der Waals surface area contributed by atoms with Crippen molar-refractivity contribution in [3.63, 3.8) is 0 Å². The first-order valence-electron chi connectivity index (χ1n) is 5.91. The highest BCUT2D eigenvalue weighted by Crippen LogP contribution is 2.18. The third-order valence-corrected chi connectivity index (χ3v) is 2.70. The van der Waals surface area contributed by atoms with Gasteiger partial charge in [0.1, 0.15) is 0 Å². The number of rotatable bonds is 5. The minimum absolute atomic E-state index is 0. The van der Waals surface area contributed by atoms with E-state index in [-0.39, 0.29) is 24.0 Å². The average Bonchev–Trinajstić information content (AvgIpc) is 3.12. The third-order valence-electron chi connectivity index (χ3n) is 2.70. The molecule has 0 spiro atoms. The highest BCUT2D eigenvalue weighted by Gasteiger charge is 2.21. The SMILES string of the molecule is COCc1ccc(CN=C(N)NC2CC2)cc1.I. The molecule has 0 atom stereocenters. The lowest BCUT2D eigenvalue weighted by Crippen LogP contribution is -2.33. The van der Waals surface area contributed by atoms with Crippen LogP contribution < -0.4 is 11.1 Å². The monoisotopic (exact) mass is 361 g/mol. The summed E-state index contributed by atoms with van der Waals surface area (Å²) < 4.78 is 5.06. The molecule has 0 unspecified atom stereocenters. The van der Waals surface area contributed by atoms with E-state index in [9.17, 15) is 0 Å². The van der Waals surface area contributed by atoms with Gasteiger partial charge < -0.3 is 15.8 Å². The van der Waals surface area contributed by atoms with Gasteiger partial charge in [-0.25, -0.2) is 4.99 Å². The summed E-state index contributed by atoms with van der Waals surface area (Å²) in [5.41, 5.74) is 8.09. The number of nitrogens with one attached hydrogen (secondary N) is 1. The summed E-state index contributed by atoms with van der Waals surface area (Å²) >= 11 is 0. The Hall–Kier alpha value is -0.820. The minimum Gasteiger partial charge on any atom is -0.380 e. The van der Waals surface area contributed by atoms with Crippen LogP contribution in [0.4, 0.5) is 0 Å². The van der Waals surface area contributed by atoms with E-state index in [0.29, 0.717) is 25.2 Å². The van der Waals surface area contributed by atoms with Crippen molar-refractivity contribution in [1.82, 2.24) is 5.32 Å². The summed E-state index contributed by atoms with van der Waals surface area (Å²) in [5, 5.41) is 3.16. The smallest absolute Gasteiger partial charge is 0.189 e. The summed E-state index contributed by atoms with van der Waals surface area (Å²) in [7, 11) is 1.70.